The maximum Gasteiger partial charge on any atom is 0.216 e. The standard InChI is InChI=1S/C16H25FN2O3S/c1-13(12-22-2)23(20,21)18-15-7-9-19(10-8-15)11-14-5-3-4-6-16(14)17/h3-6,13,15,18H,7-12H2,1-2H3. The Bertz CT molecular complexity index is 601. The molecule has 1 aromatic rings. The number of nitrogens with zero attached hydrogens (tertiary/aromatic N) is 1. The quantitative estimate of drug-likeness (QED) is 0.819. The van der Waals surface area contributed by atoms with Crippen LogP contribution in [0.1, 0.15) is 25.3 Å². The molecule has 1 heterocycles. The Morgan fingerprint density at radius 3 is 2.61 bits per heavy atom. The van der Waals surface area contributed by atoms with Crippen molar-refractivity contribution in [1.29, 1.82) is 0 Å². The van der Waals surface area contributed by atoms with E-state index in [4.69, 9.17) is 4.74 Å². The lowest BCUT2D eigenvalue weighted by Crippen LogP contribution is -2.47. The van der Waals surface area contributed by atoms with Crippen molar-refractivity contribution in [2.24, 2.45) is 0 Å². The van der Waals surface area contributed by atoms with Crippen LogP contribution < -0.4 is 4.72 Å². The number of rotatable bonds is 7. The van der Waals surface area contributed by atoms with E-state index in [0.717, 1.165) is 25.9 Å². The van der Waals surface area contributed by atoms with Crippen molar-refractivity contribution in [2.45, 2.75) is 37.6 Å². The van der Waals surface area contributed by atoms with Crippen LogP contribution in [0.2, 0.25) is 0 Å². The zero-order valence-electron chi connectivity index (χ0n) is 13.7. The molecule has 1 aliphatic heterocycles. The number of sulfonamides is 1. The molecule has 0 amide bonds. The Hall–Kier alpha value is -1.02. The van der Waals surface area contributed by atoms with Crippen molar-refractivity contribution in [2.75, 3.05) is 26.8 Å². The molecule has 23 heavy (non-hydrogen) atoms. The van der Waals surface area contributed by atoms with Crippen LogP contribution in [-0.4, -0.2) is 51.4 Å². The monoisotopic (exact) mass is 344 g/mol. The van der Waals surface area contributed by atoms with Gasteiger partial charge in [0.15, 0.2) is 0 Å². The topological polar surface area (TPSA) is 58.6 Å². The fourth-order valence-electron chi connectivity index (χ4n) is 2.75. The van der Waals surface area contributed by atoms with Crippen LogP contribution in [0, 0.1) is 5.82 Å². The molecular formula is C16H25FN2O3S. The van der Waals surface area contributed by atoms with Gasteiger partial charge in [-0.3, -0.25) is 4.90 Å². The van der Waals surface area contributed by atoms with Gasteiger partial charge in [0.1, 0.15) is 5.82 Å². The molecule has 1 saturated heterocycles. The van der Waals surface area contributed by atoms with E-state index in [9.17, 15) is 12.8 Å². The summed E-state index contributed by atoms with van der Waals surface area (Å²) in [5.74, 6) is -0.191. The number of benzene rings is 1. The van der Waals surface area contributed by atoms with Gasteiger partial charge in [-0.25, -0.2) is 17.5 Å². The lowest BCUT2D eigenvalue weighted by molar-refractivity contribution is 0.193. The molecule has 0 aromatic heterocycles. The van der Waals surface area contributed by atoms with Crippen molar-refractivity contribution in [3.63, 3.8) is 0 Å². The van der Waals surface area contributed by atoms with Crippen molar-refractivity contribution in [3.05, 3.63) is 35.6 Å². The van der Waals surface area contributed by atoms with Gasteiger partial charge < -0.3 is 4.74 Å². The van der Waals surface area contributed by atoms with E-state index >= 15 is 0 Å². The summed E-state index contributed by atoms with van der Waals surface area (Å²) in [6, 6.07) is 6.71. The van der Waals surface area contributed by atoms with Gasteiger partial charge in [0.25, 0.3) is 0 Å². The molecule has 0 spiro atoms. The smallest absolute Gasteiger partial charge is 0.216 e. The first-order valence-corrected chi connectivity index (χ1v) is 9.43. The van der Waals surface area contributed by atoms with E-state index in [1.54, 1.807) is 19.1 Å². The number of methoxy groups -OCH3 is 1. The van der Waals surface area contributed by atoms with Crippen LogP contribution in [-0.2, 0) is 21.3 Å². The SMILES string of the molecule is COCC(C)S(=O)(=O)NC1CCN(Cc2ccccc2F)CC1. The average Bonchev–Trinajstić information content (AvgIpc) is 2.51. The largest absolute Gasteiger partial charge is 0.383 e. The number of ether oxygens (including phenoxy) is 1. The van der Waals surface area contributed by atoms with E-state index in [0.29, 0.717) is 12.1 Å². The molecule has 5 nitrogen and oxygen atoms in total. The lowest BCUT2D eigenvalue weighted by atomic mass is 10.1. The molecule has 1 aromatic carbocycles. The van der Waals surface area contributed by atoms with Crippen LogP contribution in [0.25, 0.3) is 0 Å². The van der Waals surface area contributed by atoms with Crippen LogP contribution in [0.4, 0.5) is 4.39 Å². The van der Waals surface area contributed by atoms with Crippen LogP contribution in [0.15, 0.2) is 24.3 Å². The van der Waals surface area contributed by atoms with Crippen LogP contribution in [0.5, 0.6) is 0 Å². The van der Waals surface area contributed by atoms with E-state index in [2.05, 4.69) is 9.62 Å². The molecule has 130 valence electrons. The highest BCUT2D eigenvalue weighted by Crippen LogP contribution is 2.17. The van der Waals surface area contributed by atoms with Gasteiger partial charge in [-0.05, 0) is 25.8 Å². The molecule has 7 heteroatoms. The predicted molar refractivity (Wildman–Crippen MR) is 88.1 cm³/mol. The van der Waals surface area contributed by atoms with Crippen molar-refractivity contribution < 1.29 is 17.5 Å². The summed E-state index contributed by atoms with van der Waals surface area (Å²) in [6.45, 7) is 3.88. The van der Waals surface area contributed by atoms with Gasteiger partial charge in [0, 0.05) is 38.3 Å². The van der Waals surface area contributed by atoms with Crippen molar-refractivity contribution in [1.82, 2.24) is 9.62 Å². The number of likely N-dealkylation sites (tertiary alicyclic amines) is 1. The predicted octanol–water partition coefficient (Wildman–Crippen LogP) is 1.74. The fourth-order valence-corrected chi connectivity index (χ4v) is 4.00. The molecule has 1 atom stereocenters. The molecule has 1 fully saturated rings. The number of nitrogens with one attached hydrogen (secondary N) is 1. The second-order valence-electron chi connectivity index (χ2n) is 6.07. The summed E-state index contributed by atoms with van der Waals surface area (Å²) in [7, 11) is -1.87. The highest BCUT2D eigenvalue weighted by atomic mass is 32.2. The molecule has 0 saturated carbocycles. The molecule has 0 aliphatic carbocycles. The Labute approximate surface area is 137 Å². The summed E-state index contributed by atoms with van der Waals surface area (Å²) in [4.78, 5) is 2.15. The minimum absolute atomic E-state index is 0.0591. The van der Waals surface area contributed by atoms with E-state index < -0.39 is 15.3 Å². The van der Waals surface area contributed by atoms with Gasteiger partial charge in [-0.2, -0.15) is 0 Å². The van der Waals surface area contributed by atoms with Crippen LogP contribution in [0.3, 0.4) is 0 Å². The molecule has 1 unspecified atom stereocenters. The molecule has 1 aliphatic rings. The number of halogens is 1. The summed E-state index contributed by atoms with van der Waals surface area (Å²) < 4.78 is 45.7. The Kier molecular flexibility index (Phi) is 6.52. The van der Waals surface area contributed by atoms with Gasteiger partial charge in [0.2, 0.25) is 10.0 Å². The molecule has 0 bridgehead atoms. The summed E-state index contributed by atoms with van der Waals surface area (Å²) in [5, 5.41) is -0.566. The lowest BCUT2D eigenvalue weighted by Gasteiger charge is -2.32. The van der Waals surface area contributed by atoms with E-state index in [1.807, 2.05) is 6.07 Å². The van der Waals surface area contributed by atoms with Gasteiger partial charge in [0.05, 0.1) is 11.9 Å². The minimum atomic E-state index is -3.36. The normalized spacial score (nSPS) is 18.9. The first kappa shape index (κ1) is 18.3. The summed E-state index contributed by atoms with van der Waals surface area (Å²) >= 11 is 0. The second-order valence-corrected chi connectivity index (χ2v) is 8.20. The zero-order chi connectivity index (χ0) is 16.9. The maximum atomic E-state index is 13.7. The molecule has 1 N–H and O–H groups in total. The first-order chi connectivity index (χ1) is 10.9. The molecule has 0 radical (unpaired) electrons. The molecule has 2 rings (SSSR count). The third-order valence-corrected chi connectivity index (χ3v) is 6.06. The van der Waals surface area contributed by atoms with E-state index in [-0.39, 0.29) is 18.5 Å². The van der Waals surface area contributed by atoms with Crippen LogP contribution >= 0.6 is 0 Å². The Morgan fingerprint density at radius 1 is 1.35 bits per heavy atom. The van der Waals surface area contributed by atoms with Crippen molar-refractivity contribution >= 4 is 10.0 Å². The summed E-state index contributed by atoms with van der Waals surface area (Å²) in [5.41, 5.74) is 0.681. The first-order valence-electron chi connectivity index (χ1n) is 7.88. The van der Waals surface area contributed by atoms with Gasteiger partial charge in [-0.15, -0.1) is 0 Å². The third-order valence-electron chi connectivity index (χ3n) is 4.20. The van der Waals surface area contributed by atoms with Crippen molar-refractivity contribution in [3.8, 4) is 0 Å². The third kappa shape index (κ3) is 5.24. The number of piperidine rings is 1. The minimum Gasteiger partial charge on any atom is -0.383 e. The summed E-state index contributed by atoms with van der Waals surface area (Å²) in [6.07, 6.45) is 1.46. The maximum absolute atomic E-state index is 13.7. The highest BCUT2D eigenvalue weighted by Gasteiger charge is 2.27. The zero-order valence-corrected chi connectivity index (χ0v) is 14.5. The number of hydrogen-bond donors (Lipinski definition) is 1. The van der Waals surface area contributed by atoms with Gasteiger partial charge >= 0.3 is 0 Å². The molecular weight excluding hydrogens is 319 g/mol. The Morgan fingerprint density at radius 2 is 2.00 bits per heavy atom. The second kappa shape index (κ2) is 8.19. The number of hydrogen-bond acceptors (Lipinski definition) is 4. The fraction of sp³-hybridized carbons (Fsp3) is 0.625. The average molecular weight is 344 g/mol. The Balaban J connectivity index is 1.83. The van der Waals surface area contributed by atoms with E-state index in [1.165, 1.54) is 13.2 Å². The highest BCUT2D eigenvalue weighted by molar-refractivity contribution is 7.90. The van der Waals surface area contributed by atoms with Gasteiger partial charge in [-0.1, -0.05) is 18.2 Å².